The molecule has 1 N–H and O–H groups in total. The summed E-state index contributed by atoms with van der Waals surface area (Å²) in [5.41, 5.74) is -0.0411. The van der Waals surface area contributed by atoms with Crippen LogP contribution in [0.5, 0.6) is 0 Å². The summed E-state index contributed by atoms with van der Waals surface area (Å²) in [5.74, 6) is 2.92. The van der Waals surface area contributed by atoms with Crippen LogP contribution in [0.4, 0.5) is 0 Å². The number of rotatable bonds is 5. The first-order valence-electron chi connectivity index (χ1n) is 10.9. The molecule has 2 heterocycles. The molecule has 2 amide bonds. The molecule has 6 heteroatoms. The zero-order valence-electron chi connectivity index (χ0n) is 16.6. The summed E-state index contributed by atoms with van der Waals surface area (Å²) in [6.07, 6.45) is 7.53. The van der Waals surface area contributed by atoms with E-state index >= 15 is 0 Å². The van der Waals surface area contributed by atoms with Crippen molar-refractivity contribution < 1.29 is 9.59 Å². The van der Waals surface area contributed by atoms with E-state index in [9.17, 15) is 9.59 Å². The van der Waals surface area contributed by atoms with E-state index in [4.69, 9.17) is 0 Å². The number of carbonyl (C=O) groups excluding carboxylic acids is 2. The molecule has 5 aliphatic rings. The van der Waals surface area contributed by atoms with Crippen LogP contribution in [0.1, 0.15) is 48.2 Å². The second-order valence-electron chi connectivity index (χ2n) is 9.56. The zero-order valence-corrected chi connectivity index (χ0v) is 17.4. The summed E-state index contributed by atoms with van der Waals surface area (Å²) in [6, 6.07) is 3.83. The summed E-state index contributed by atoms with van der Waals surface area (Å²) in [7, 11) is 0. The van der Waals surface area contributed by atoms with E-state index in [0.29, 0.717) is 5.91 Å². The Morgan fingerprint density at radius 3 is 2.25 bits per heavy atom. The van der Waals surface area contributed by atoms with Gasteiger partial charge in [-0.25, -0.2) is 0 Å². The fourth-order valence-corrected chi connectivity index (χ4v) is 7.33. The van der Waals surface area contributed by atoms with Gasteiger partial charge in [0, 0.05) is 44.7 Å². The monoisotopic (exact) mass is 401 g/mol. The quantitative estimate of drug-likeness (QED) is 0.825. The lowest BCUT2D eigenvalue weighted by molar-refractivity contribution is -0.146. The summed E-state index contributed by atoms with van der Waals surface area (Å²) in [4.78, 5) is 30.6. The minimum atomic E-state index is -0.0411. The number of piperazine rings is 1. The number of hydrogen-bond acceptors (Lipinski definition) is 4. The number of carbonyl (C=O) groups is 2. The van der Waals surface area contributed by atoms with Crippen molar-refractivity contribution in [2.75, 3.05) is 39.3 Å². The number of thiophene rings is 1. The fraction of sp³-hybridized carbons (Fsp3) is 0.727. The molecule has 28 heavy (non-hydrogen) atoms. The van der Waals surface area contributed by atoms with Crippen molar-refractivity contribution in [2.45, 2.75) is 38.5 Å². The Kier molecular flexibility index (Phi) is 4.95. The van der Waals surface area contributed by atoms with Crippen LogP contribution in [-0.2, 0) is 4.79 Å². The SMILES string of the molecule is O=C(c1cccs1)N1CCN(CCNC(=O)C23CC4CC(CC(C4)C2)C3)CC1. The molecule has 5 fully saturated rings. The third-order valence-electron chi connectivity index (χ3n) is 7.62. The maximum Gasteiger partial charge on any atom is 0.264 e. The highest BCUT2D eigenvalue weighted by atomic mass is 32.1. The smallest absolute Gasteiger partial charge is 0.264 e. The van der Waals surface area contributed by atoms with Gasteiger partial charge in [0.15, 0.2) is 0 Å². The minimum Gasteiger partial charge on any atom is -0.354 e. The molecular weight excluding hydrogens is 370 g/mol. The molecule has 6 rings (SSSR count). The largest absolute Gasteiger partial charge is 0.354 e. The van der Waals surface area contributed by atoms with Gasteiger partial charge in [0.25, 0.3) is 5.91 Å². The normalized spacial score (nSPS) is 34.6. The molecule has 4 bridgehead atoms. The van der Waals surface area contributed by atoms with E-state index in [1.807, 2.05) is 22.4 Å². The van der Waals surface area contributed by atoms with Gasteiger partial charge in [0.2, 0.25) is 5.91 Å². The highest BCUT2D eigenvalue weighted by Crippen LogP contribution is 2.60. The topological polar surface area (TPSA) is 52.7 Å². The van der Waals surface area contributed by atoms with Crippen molar-refractivity contribution in [3.05, 3.63) is 22.4 Å². The Labute approximate surface area is 171 Å². The Morgan fingerprint density at radius 2 is 1.68 bits per heavy atom. The summed E-state index contributed by atoms with van der Waals surface area (Å²) < 4.78 is 0. The van der Waals surface area contributed by atoms with Gasteiger partial charge in [0.05, 0.1) is 4.88 Å². The lowest BCUT2D eigenvalue weighted by atomic mass is 9.49. The van der Waals surface area contributed by atoms with Crippen LogP contribution in [-0.4, -0.2) is 60.9 Å². The standard InChI is InChI=1S/C22H31N3O2S/c26-20(19-2-1-9-28-19)25-7-5-24(6-8-25)4-3-23-21(27)22-13-16-10-17(14-22)12-18(11-16)15-22/h1-2,9,16-18H,3-8,10-15H2,(H,23,27). The molecular formula is C22H31N3O2S. The van der Waals surface area contributed by atoms with Gasteiger partial charge in [-0.15, -0.1) is 11.3 Å². The highest BCUT2D eigenvalue weighted by Gasteiger charge is 2.54. The molecule has 4 aliphatic carbocycles. The van der Waals surface area contributed by atoms with E-state index < -0.39 is 0 Å². The Hall–Kier alpha value is -1.40. The van der Waals surface area contributed by atoms with Crippen LogP contribution in [0.2, 0.25) is 0 Å². The summed E-state index contributed by atoms with van der Waals surface area (Å²) in [5, 5.41) is 5.24. The van der Waals surface area contributed by atoms with Crippen LogP contribution >= 0.6 is 11.3 Å². The van der Waals surface area contributed by atoms with Gasteiger partial charge in [-0.3, -0.25) is 14.5 Å². The highest BCUT2D eigenvalue weighted by molar-refractivity contribution is 7.12. The average molecular weight is 402 g/mol. The maximum absolute atomic E-state index is 13.0. The third kappa shape index (κ3) is 3.50. The molecule has 0 unspecified atom stereocenters. The number of amides is 2. The molecule has 1 saturated heterocycles. The van der Waals surface area contributed by atoms with Gasteiger partial charge in [-0.2, -0.15) is 0 Å². The molecule has 0 atom stereocenters. The molecule has 0 aromatic carbocycles. The number of nitrogens with one attached hydrogen (secondary N) is 1. The Morgan fingerprint density at radius 1 is 1.04 bits per heavy atom. The second kappa shape index (κ2) is 7.45. The summed E-state index contributed by atoms with van der Waals surface area (Å²) >= 11 is 1.51. The molecule has 4 saturated carbocycles. The van der Waals surface area contributed by atoms with Crippen LogP contribution in [0.15, 0.2) is 17.5 Å². The third-order valence-corrected chi connectivity index (χ3v) is 8.48. The first-order valence-corrected chi connectivity index (χ1v) is 11.8. The first-order chi connectivity index (χ1) is 13.6. The molecule has 1 aliphatic heterocycles. The average Bonchev–Trinajstić information content (AvgIpc) is 3.22. The molecule has 152 valence electrons. The maximum atomic E-state index is 13.0. The van der Waals surface area contributed by atoms with Gasteiger partial charge in [-0.05, 0) is 67.7 Å². The molecule has 1 aromatic heterocycles. The van der Waals surface area contributed by atoms with E-state index in [2.05, 4.69) is 10.2 Å². The molecule has 0 spiro atoms. The van der Waals surface area contributed by atoms with Crippen molar-refractivity contribution in [1.82, 2.24) is 15.1 Å². The Bertz CT molecular complexity index is 689. The van der Waals surface area contributed by atoms with E-state index in [1.54, 1.807) is 0 Å². The Balaban J connectivity index is 1.07. The lowest BCUT2D eigenvalue weighted by Crippen LogP contribution is -2.55. The van der Waals surface area contributed by atoms with Crippen molar-refractivity contribution in [3.63, 3.8) is 0 Å². The number of hydrogen-bond donors (Lipinski definition) is 1. The van der Waals surface area contributed by atoms with Gasteiger partial charge < -0.3 is 10.2 Å². The summed E-state index contributed by atoms with van der Waals surface area (Å²) in [6.45, 7) is 4.96. The number of nitrogens with zero attached hydrogens (tertiary/aromatic N) is 2. The predicted octanol–water partition coefficient (Wildman–Crippen LogP) is 2.84. The minimum absolute atomic E-state index is 0.0411. The van der Waals surface area contributed by atoms with Crippen molar-refractivity contribution >= 4 is 23.2 Å². The van der Waals surface area contributed by atoms with Crippen LogP contribution in [0, 0.1) is 23.2 Å². The van der Waals surface area contributed by atoms with Gasteiger partial charge in [0.1, 0.15) is 0 Å². The van der Waals surface area contributed by atoms with E-state index in [-0.39, 0.29) is 11.3 Å². The van der Waals surface area contributed by atoms with Crippen molar-refractivity contribution in [3.8, 4) is 0 Å². The van der Waals surface area contributed by atoms with Gasteiger partial charge in [-0.1, -0.05) is 6.07 Å². The second-order valence-corrected chi connectivity index (χ2v) is 10.5. The first kappa shape index (κ1) is 18.6. The van der Waals surface area contributed by atoms with E-state index in [1.165, 1.54) is 30.6 Å². The molecule has 5 nitrogen and oxygen atoms in total. The van der Waals surface area contributed by atoms with Gasteiger partial charge >= 0.3 is 0 Å². The van der Waals surface area contributed by atoms with Crippen LogP contribution < -0.4 is 5.32 Å². The van der Waals surface area contributed by atoms with E-state index in [0.717, 1.165) is 81.2 Å². The van der Waals surface area contributed by atoms with Crippen molar-refractivity contribution in [1.29, 1.82) is 0 Å². The fourth-order valence-electron chi connectivity index (χ4n) is 6.63. The van der Waals surface area contributed by atoms with Crippen molar-refractivity contribution in [2.24, 2.45) is 23.2 Å². The van der Waals surface area contributed by atoms with Crippen LogP contribution in [0.25, 0.3) is 0 Å². The zero-order chi connectivity index (χ0) is 19.1. The molecule has 0 radical (unpaired) electrons. The lowest BCUT2D eigenvalue weighted by Gasteiger charge is -2.55. The predicted molar refractivity (Wildman–Crippen MR) is 110 cm³/mol. The molecule has 1 aromatic rings. The van der Waals surface area contributed by atoms with Crippen LogP contribution in [0.3, 0.4) is 0 Å².